The summed E-state index contributed by atoms with van der Waals surface area (Å²) in [5.41, 5.74) is 20.7. The van der Waals surface area contributed by atoms with Crippen molar-refractivity contribution in [1.82, 2.24) is 5.32 Å². The summed E-state index contributed by atoms with van der Waals surface area (Å²) in [6, 6.07) is 19.2. The molecular weight excluding hydrogens is 496 g/mol. The molecule has 1 heterocycles. The van der Waals surface area contributed by atoms with Crippen LogP contribution in [-0.2, 0) is 10.3 Å². The highest BCUT2D eigenvalue weighted by Crippen LogP contribution is 2.49. The number of nitrogens with two attached hydrogens (primary N) is 3. The molecule has 4 aromatic rings. The number of carbonyl (C=O) groups is 2. The molecule has 1 saturated carbocycles. The Morgan fingerprint density at radius 2 is 1.63 bits per heavy atom. The van der Waals surface area contributed by atoms with Crippen molar-refractivity contribution in [2.75, 3.05) is 5.73 Å². The Morgan fingerprint density at radius 1 is 0.947 bits per heavy atom. The van der Waals surface area contributed by atoms with E-state index in [9.17, 15) is 9.59 Å². The summed E-state index contributed by atoms with van der Waals surface area (Å²) in [5, 5.41) is 3.88. The van der Waals surface area contributed by atoms with Crippen LogP contribution in [0, 0.1) is 0 Å². The molecule has 0 spiro atoms. The third-order valence-corrected chi connectivity index (χ3v) is 9.00. The van der Waals surface area contributed by atoms with E-state index in [1.165, 1.54) is 17.8 Å². The van der Waals surface area contributed by atoms with Gasteiger partial charge < -0.3 is 27.3 Å². The second-order valence-electron chi connectivity index (χ2n) is 10.1. The molecular formula is C30H30N4O3S. The van der Waals surface area contributed by atoms with Crippen molar-refractivity contribution in [2.45, 2.75) is 49.7 Å². The summed E-state index contributed by atoms with van der Waals surface area (Å²) in [6.07, 6.45) is 5.31. The summed E-state index contributed by atoms with van der Waals surface area (Å²) in [4.78, 5) is 27.8. The molecule has 7 nitrogen and oxygen atoms in total. The summed E-state index contributed by atoms with van der Waals surface area (Å²) < 4.78 is 6.64. The van der Waals surface area contributed by atoms with Crippen LogP contribution >= 0.6 is 11.3 Å². The molecule has 1 amide bonds. The molecule has 0 bridgehead atoms. The van der Waals surface area contributed by atoms with Crippen molar-refractivity contribution in [3.05, 3.63) is 88.3 Å². The van der Waals surface area contributed by atoms with E-state index in [-0.39, 0.29) is 17.7 Å². The first-order chi connectivity index (χ1) is 18.4. The van der Waals surface area contributed by atoms with E-state index in [0.29, 0.717) is 44.1 Å². The van der Waals surface area contributed by atoms with Crippen molar-refractivity contribution in [1.29, 1.82) is 0 Å². The Morgan fingerprint density at radius 3 is 2.34 bits per heavy atom. The van der Waals surface area contributed by atoms with Crippen LogP contribution in [0.15, 0.2) is 66.7 Å². The molecule has 38 heavy (non-hydrogen) atoms. The van der Waals surface area contributed by atoms with Crippen LogP contribution in [0.4, 0.5) is 5.69 Å². The zero-order valence-electron chi connectivity index (χ0n) is 20.9. The highest BCUT2D eigenvalue weighted by molar-refractivity contribution is 7.21. The van der Waals surface area contributed by atoms with Gasteiger partial charge in [-0.2, -0.15) is 0 Å². The van der Waals surface area contributed by atoms with Crippen LogP contribution in [0.2, 0.25) is 0 Å². The molecule has 0 radical (unpaired) electrons. The van der Waals surface area contributed by atoms with Crippen molar-refractivity contribution < 1.29 is 14.3 Å². The number of ketones is 1. The first-order valence-corrected chi connectivity index (χ1v) is 13.8. The number of thiophene rings is 1. The summed E-state index contributed by atoms with van der Waals surface area (Å²) in [5.74, 6) is 0.767. The fraction of sp³-hybridized carbons (Fsp3) is 0.267. The zero-order valence-corrected chi connectivity index (χ0v) is 21.7. The Labute approximate surface area is 225 Å². The van der Waals surface area contributed by atoms with Crippen LogP contribution in [0.1, 0.15) is 64.5 Å². The minimum Gasteiger partial charge on any atom is -0.457 e. The van der Waals surface area contributed by atoms with Gasteiger partial charge in [0.15, 0.2) is 5.78 Å². The number of anilines is 1. The molecule has 194 valence electrons. The molecule has 7 N–H and O–H groups in total. The normalized spacial score (nSPS) is 21.4. The molecule has 8 heteroatoms. The smallest absolute Gasteiger partial charge is 0.261 e. The average Bonchev–Trinajstić information content (AvgIpc) is 3.35. The molecule has 2 unspecified atom stereocenters. The van der Waals surface area contributed by atoms with E-state index < -0.39 is 11.6 Å². The third kappa shape index (κ3) is 3.96. The maximum absolute atomic E-state index is 13.9. The maximum atomic E-state index is 13.9. The van der Waals surface area contributed by atoms with Crippen LogP contribution in [-0.4, -0.2) is 17.7 Å². The Hall–Kier alpha value is -3.72. The average molecular weight is 527 g/mol. The molecule has 1 fully saturated rings. The molecule has 0 aliphatic heterocycles. The van der Waals surface area contributed by atoms with Crippen LogP contribution in [0.3, 0.4) is 0 Å². The van der Waals surface area contributed by atoms with E-state index in [1.54, 1.807) is 36.4 Å². The van der Waals surface area contributed by atoms with Gasteiger partial charge in [-0.25, -0.2) is 0 Å². The lowest BCUT2D eigenvalue weighted by molar-refractivity contribution is -0.124. The van der Waals surface area contributed by atoms with Gasteiger partial charge in [-0.3, -0.25) is 9.59 Å². The molecule has 6 rings (SSSR count). The Bertz CT molecular complexity index is 1530. The van der Waals surface area contributed by atoms with Gasteiger partial charge >= 0.3 is 0 Å². The van der Waals surface area contributed by atoms with E-state index in [4.69, 9.17) is 21.9 Å². The van der Waals surface area contributed by atoms with Gasteiger partial charge in [-0.05, 0) is 54.3 Å². The van der Waals surface area contributed by atoms with Gasteiger partial charge in [0.2, 0.25) is 0 Å². The third-order valence-electron chi connectivity index (χ3n) is 7.75. The van der Waals surface area contributed by atoms with Crippen molar-refractivity contribution in [3.8, 4) is 11.5 Å². The fourth-order valence-corrected chi connectivity index (χ4v) is 6.96. The number of rotatable bonds is 5. The zero-order chi connectivity index (χ0) is 26.4. The Balaban J connectivity index is 1.41. The molecule has 2 aliphatic rings. The summed E-state index contributed by atoms with van der Waals surface area (Å²) >= 11 is 1.29. The number of nitrogen functional groups attached to an aromatic ring is 1. The van der Waals surface area contributed by atoms with E-state index >= 15 is 0 Å². The molecule has 2 aliphatic carbocycles. The van der Waals surface area contributed by atoms with Gasteiger partial charge in [0.05, 0.1) is 15.6 Å². The molecule has 2 atom stereocenters. The van der Waals surface area contributed by atoms with Gasteiger partial charge in [0, 0.05) is 22.7 Å². The predicted molar refractivity (Wildman–Crippen MR) is 150 cm³/mol. The fourth-order valence-electron chi connectivity index (χ4n) is 5.76. The number of carbonyl (C=O) groups excluding carboxylic acids is 2. The van der Waals surface area contributed by atoms with Crippen molar-refractivity contribution in [3.63, 3.8) is 0 Å². The monoisotopic (exact) mass is 526 g/mol. The van der Waals surface area contributed by atoms with Crippen LogP contribution < -0.4 is 27.3 Å². The lowest BCUT2D eigenvalue weighted by Crippen LogP contribution is -2.52. The van der Waals surface area contributed by atoms with Crippen molar-refractivity contribution >= 4 is 38.8 Å². The first kappa shape index (κ1) is 24.6. The molecule has 0 saturated heterocycles. The molecule has 3 aromatic carbocycles. The number of hydrogen-bond acceptors (Lipinski definition) is 7. The number of Topliss-reactive ketones (excluding diaryl/α,β-unsaturated/α-hetero) is 1. The second-order valence-corrected chi connectivity index (χ2v) is 11.2. The number of hydrogen-bond donors (Lipinski definition) is 4. The molecule has 1 aromatic heterocycles. The topological polar surface area (TPSA) is 133 Å². The standard InChI is InChI=1S/C30H30N4O3S/c31-22-16-15-21-23-24(27(38-26(22)23)29(36)34-18-7-3-1-4-8-18)25(32)28(35)30(21,33)17-11-13-20(14-12-17)37-19-9-5-2-6-10-19/h2,5-6,9-16,18,25H,1,3-4,7-8,31-33H2,(H,34,36). The van der Waals surface area contributed by atoms with Crippen LogP contribution in [0.25, 0.3) is 10.1 Å². The van der Waals surface area contributed by atoms with E-state index in [1.807, 2.05) is 30.3 Å². The number of para-hydroxylation sites is 1. The van der Waals surface area contributed by atoms with Gasteiger partial charge in [-0.1, -0.05) is 55.7 Å². The number of nitrogens with one attached hydrogen (secondary N) is 1. The lowest BCUT2D eigenvalue weighted by Gasteiger charge is -2.36. The predicted octanol–water partition coefficient (Wildman–Crippen LogP) is 5.12. The minimum absolute atomic E-state index is 0.131. The Kier molecular flexibility index (Phi) is 6.18. The quantitative estimate of drug-likeness (QED) is 0.267. The minimum atomic E-state index is -1.50. The lowest BCUT2D eigenvalue weighted by atomic mass is 9.70. The van der Waals surface area contributed by atoms with E-state index in [0.717, 1.165) is 30.4 Å². The highest BCUT2D eigenvalue weighted by Gasteiger charge is 2.48. The van der Waals surface area contributed by atoms with Crippen LogP contribution in [0.5, 0.6) is 11.5 Å². The second kappa shape index (κ2) is 9.54. The number of amides is 1. The summed E-state index contributed by atoms with van der Waals surface area (Å²) in [6.45, 7) is 0. The number of benzene rings is 3. The van der Waals surface area contributed by atoms with Gasteiger partial charge in [0.25, 0.3) is 5.91 Å². The summed E-state index contributed by atoms with van der Waals surface area (Å²) in [7, 11) is 0. The van der Waals surface area contributed by atoms with Crippen molar-refractivity contribution in [2.24, 2.45) is 11.5 Å². The van der Waals surface area contributed by atoms with Gasteiger partial charge in [-0.15, -0.1) is 11.3 Å². The maximum Gasteiger partial charge on any atom is 0.261 e. The van der Waals surface area contributed by atoms with E-state index in [2.05, 4.69) is 5.32 Å². The van der Waals surface area contributed by atoms with Gasteiger partial charge in [0.1, 0.15) is 17.0 Å². The first-order valence-electron chi connectivity index (χ1n) is 13.0. The SMILES string of the molecule is Nc1ccc2c3c(c(C(=O)NC4CCCCC4)sc13)C(N)C(=O)C2(N)c1ccc(Oc2ccccc2)cc1. The largest absolute Gasteiger partial charge is 0.457 e. The highest BCUT2D eigenvalue weighted by atomic mass is 32.1. The number of ether oxygens (including phenoxy) is 1.